The first kappa shape index (κ1) is 16.1. The highest BCUT2D eigenvalue weighted by molar-refractivity contribution is 9.10. The van der Waals surface area contributed by atoms with E-state index in [-0.39, 0.29) is 21.5 Å². The van der Waals surface area contributed by atoms with E-state index in [2.05, 4.69) is 15.9 Å². The second-order valence-electron chi connectivity index (χ2n) is 4.26. The topological polar surface area (TPSA) is 52.3 Å². The maximum atomic E-state index is 12.7. The van der Waals surface area contributed by atoms with Crippen LogP contribution in [-0.4, -0.2) is 12.4 Å². The summed E-state index contributed by atoms with van der Waals surface area (Å²) in [7, 11) is 0. The van der Waals surface area contributed by atoms with E-state index in [4.69, 9.17) is 33.7 Å². The van der Waals surface area contributed by atoms with Crippen LogP contribution in [0.5, 0.6) is 5.75 Å². The van der Waals surface area contributed by atoms with E-state index in [1.54, 1.807) is 12.1 Å². The molecule has 0 fully saturated rings. The fraction of sp³-hybridized carbons (Fsp3) is 0.133. The van der Waals surface area contributed by atoms with Crippen LogP contribution in [0.1, 0.15) is 22.8 Å². The van der Waals surface area contributed by atoms with E-state index in [1.807, 2.05) is 13.0 Å². The van der Waals surface area contributed by atoms with Gasteiger partial charge in [-0.3, -0.25) is 4.79 Å². The van der Waals surface area contributed by atoms with Crippen molar-refractivity contribution in [3.8, 4) is 5.75 Å². The summed E-state index contributed by atoms with van der Waals surface area (Å²) in [5.74, 6) is 0.278. The first-order chi connectivity index (χ1) is 9.93. The summed E-state index contributed by atoms with van der Waals surface area (Å²) in [4.78, 5) is 12.7. The largest absolute Gasteiger partial charge is 0.493 e. The highest BCUT2D eigenvalue weighted by atomic mass is 79.9. The molecule has 0 unspecified atom stereocenters. The summed E-state index contributed by atoms with van der Waals surface area (Å²) >= 11 is 15.2. The van der Waals surface area contributed by atoms with Crippen molar-refractivity contribution in [2.45, 2.75) is 6.92 Å². The molecule has 0 heterocycles. The summed E-state index contributed by atoms with van der Waals surface area (Å²) in [6, 6.07) is 8.26. The maximum Gasteiger partial charge on any atom is 0.196 e. The molecule has 0 atom stereocenters. The summed E-state index contributed by atoms with van der Waals surface area (Å²) < 4.78 is 6.27. The predicted molar refractivity (Wildman–Crippen MR) is 89.6 cm³/mol. The minimum Gasteiger partial charge on any atom is -0.493 e. The van der Waals surface area contributed by atoms with Crippen molar-refractivity contribution in [1.82, 2.24) is 0 Å². The van der Waals surface area contributed by atoms with Crippen LogP contribution in [0.25, 0.3) is 0 Å². The Kier molecular flexibility index (Phi) is 5.14. The average Bonchev–Trinajstić information content (AvgIpc) is 2.45. The summed E-state index contributed by atoms with van der Waals surface area (Å²) in [5, 5.41) is 0.487. The SMILES string of the molecule is CCOc1ccc(Br)cc1C(=O)c1cc(N)c(Cl)c(Cl)c1. The Bertz CT molecular complexity index is 681. The van der Waals surface area contributed by atoms with E-state index in [0.29, 0.717) is 23.5 Å². The molecule has 0 aliphatic carbocycles. The van der Waals surface area contributed by atoms with Crippen molar-refractivity contribution in [2.24, 2.45) is 0 Å². The Hall–Kier alpha value is -1.23. The number of ketones is 1. The zero-order valence-electron chi connectivity index (χ0n) is 11.1. The molecule has 0 radical (unpaired) electrons. The highest BCUT2D eigenvalue weighted by Gasteiger charge is 2.17. The molecule has 21 heavy (non-hydrogen) atoms. The molecule has 2 N–H and O–H groups in total. The number of carbonyl (C=O) groups excluding carboxylic acids is 1. The molecule has 0 aromatic heterocycles. The van der Waals surface area contributed by atoms with E-state index in [9.17, 15) is 4.79 Å². The number of carbonyl (C=O) groups is 1. The fourth-order valence-corrected chi connectivity index (χ4v) is 2.55. The molecule has 2 rings (SSSR count). The molecule has 110 valence electrons. The Balaban J connectivity index is 2.51. The molecule has 0 bridgehead atoms. The lowest BCUT2D eigenvalue weighted by Gasteiger charge is -2.11. The molecule has 0 saturated carbocycles. The summed E-state index contributed by atoms with van der Waals surface area (Å²) in [5.41, 5.74) is 6.82. The first-order valence-corrected chi connectivity index (χ1v) is 7.70. The van der Waals surface area contributed by atoms with Crippen molar-refractivity contribution < 1.29 is 9.53 Å². The van der Waals surface area contributed by atoms with Crippen molar-refractivity contribution in [3.63, 3.8) is 0 Å². The van der Waals surface area contributed by atoms with E-state index >= 15 is 0 Å². The minimum absolute atomic E-state index is 0.231. The van der Waals surface area contributed by atoms with Gasteiger partial charge < -0.3 is 10.5 Å². The lowest BCUT2D eigenvalue weighted by Crippen LogP contribution is -2.06. The number of hydrogen-bond acceptors (Lipinski definition) is 3. The zero-order chi connectivity index (χ0) is 15.6. The van der Waals surface area contributed by atoms with Crippen LogP contribution in [0, 0.1) is 0 Å². The van der Waals surface area contributed by atoms with Gasteiger partial charge in [0.15, 0.2) is 5.78 Å². The summed E-state index contributed by atoms with van der Waals surface area (Å²) in [6.45, 7) is 2.32. The normalized spacial score (nSPS) is 10.5. The van der Waals surface area contributed by atoms with Crippen LogP contribution >= 0.6 is 39.1 Å². The molecule has 3 nitrogen and oxygen atoms in total. The van der Waals surface area contributed by atoms with Crippen LogP contribution in [0.15, 0.2) is 34.8 Å². The van der Waals surface area contributed by atoms with Gasteiger partial charge in [0.2, 0.25) is 0 Å². The van der Waals surface area contributed by atoms with Crippen LogP contribution in [0.4, 0.5) is 5.69 Å². The highest BCUT2D eigenvalue weighted by Crippen LogP contribution is 2.32. The maximum absolute atomic E-state index is 12.7. The van der Waals surface area contributed by atoms with Gasteiger partial charge in [0.1, 0.15) is 5.75 Å². The fourth-order valence-electron chi connectivity index (χ4n) is 1.86. The van der Waals surface area contributed by atoms with Gasteiger partial charge in [-0.1, -0.05) is 39.1 Å². The van der Waals surface area contributed by atoms with Crippen molar-refractivity contribution in [3.05, 3.63) is 56.0 Å². The predicted octanol–water partition coefficient (Wildman–Crippen LogP) is 4.97. The molecule has 2 aromatic carbocycles. The quantitative estimate of drug-likeness (QED) is 0.594. The average molecular weight is 389 g/mol. The molecule has 0 aliphatic rings. The van der Waals surface area contributed by atoms with Crippen LogP contribution in [0.2, 0.25) is 10.0 Å². The number of rotatable bonds is 4. The number of nitrogens with two attached hydrogens (primary N) is 1. The summed E-state index contributed by atoms with van der Waals surface area (Å²) in [6.07, 6.45) is 0. The molecular weight excluding hydrogens is 377 g/mol. The number of ether oxygens (including phenoxy) is 1. The molecule has 2 aromatic rings. The third kappa shape index (κ3) is 3.51. The van der Waals surface area contributed by atoms with Crippen molar-refractivity contribution in [1.29, 1.82) is 0 Å². The molecule has 0 amide bonds. The molecule has 0 aliphatic heterocycles. The van der Waals surface area contributed by atoms with E-state index in [1.165, 1.54) is 12.1 Å². The number of benzene rings is 2. The number of halogens is 3. The Morgan fingerprint density at radius 1 is 1.29 bits per heavy atom. The van der Waals surface area contributed by atoms with Crippen LogP contribution < -0.4 is 10.5 Å². The smallest absolute Gasteiger partial charge is 0.196 e. The number of anilines is 1. The lowest BCUT2D eigenvalue weighted by molar-refractivity contribution is 0.103. The van der Waals surface area contributed by atoms with Gasteiger partial charge in [-0.2, -0.15) is 0 Å². The van der Waals surface area contributed by atoms with Gasteiger partial charge in [0.05, 0.1) is 27.9 Å². The van der Waals surface area contributed by atoms with Gasteiger partial charge in [-0.05, 0) is 37.3 Å². The van der Waals surface area contributed by atoms with Crippen molar-refractivity contribution in [2.75, 3.05) is 12.3 Å². The third-order valence-corrected chi connectivity index (χ3v) is 4.11. The van der Waals surface area contributed by atoms with E-state index in [0.717, 1.165) is 4.47 Å². The molecular formula is C15H12BrCl2NO2. The standard InChI is InChI=1S/C15H12BrCl2NO2/c1-2-21-13-4-3-9(16)7-10(13)15(20)8-5-11(17)14(18)12(19)6-8/h3-7H,2,19H2,1H3. The van der Waals surface area contributed by atoms with Crippen LogP contribution in [0.3, 0.4) is 0 Å². The second kappa shape index (κ2) is 6.69. The second-order valence-corrected chi connectivity index (χ2v) is 5.96. The minimum atomic E-state index is -0.231. The molecule has 6 heteroatoms. The Morgan fingerprint density at radius 2 is 2.00 bits per heavy atom. The number of nitrogen functional groups attached to an aromatic ring is 1. The van der Waals surface area contributed by atoms with Gasteiger partial charge in [-0.25, -0.2) is 0 Å². The van der Waals surface area contributed by atoms with Crippen LogP contribution in [-0.2, 0) is 0 Å². The molecule has 0 spiro atoms. The molecule has 0 saturated heterocycles. The van der Waals surface area contributed by atoms with Gasteiger partial charge in [0, 0.05) is 10.0 Å². The third-order valence-electron chi connectivity index (χ3n) is 2.80. The van der Waals surface area contributed by atoms with Gasteiger partial charge in [-0.15, -0.1) is 0 Å². The van der Waals surface area contributed by atoms with E-state index < -0.39 is 0 Å². The van der Waals surface area contributed by atoms with Crippen molar-refractivity contribution >= 4 is 50.6 Å². The lowest BCUT2D eigenvalue weighted by atomic mass is 10.0. The van der Waals surface area contributed by atoms with Gasteiger partial charge >= 0.3 is 0 Å². The van der Waals surface area contributed by atoms with Gasteiger partial charge in [0.25, 0.3) is 0 Å². The first-order valence-electron chi connectivity index (χ1n) is 6.15. The Morgan fingerprint density at radius 3 is 2.62 bits per heavy atom. The number of hydrogen-bond donors (Lipinski definition) is 1. The Labute approximate surface area is 141 Å². The monoisotopic (exact) mass is 387 g/mol. The zero-order valence-corrected chi connectivity index (χ0v) is 14.2.